The number of nitrogen functional groups attached to an aromatic ring is 1. The van der Waals surface area contributed by atoms with Crippen molar-refractivity contribution in [2.45, 2.75) is 6.42 Å². The Labute approximate surface area is 74.6 Å². The molecule has 1 radical (unpaired) electrons. The van der Waals surface area contributed by atoms with Crippen molar-refractivity contribution in [3.8, 4) is 0 Å². The van der Waals surface area contributed by atoms with Crippen LogP contribution >= 0.6 is 0 Å². The zero-order valence-corrected chi connectivity index (χ0v) is 6.91. The Bertz CT molecular complexity index is 367. The standard InChI is InChI=1S/C7H10N5O/c8-5-3(1-2-13)4-6(11-5)12-7(9)10-4/h13H,1-2,8H2,(H3,9,10,12). The maximum atomic E-state index is 8.78. The minimum Gasteiger partial charge on any atom is -0.396 e. The van der Waals surface area contributed by atoms with Gasteiger partial charge in [0.25, 0.3) is 0 Å². The maximum Gasteiger partial charge on any atom is 0.200 e. The number of rotatable bonds is 2. The average Bonchev–Trinajstić information content (AvgIpc) is 2.52. The van der Waals surface area contributed by atoms with Crippen molar-refractivity contribution in [1.82, 2.24) is 15.3 Å². The van der Waals surface area contributed by atoms with Crippen LogP contribution in [0.2, 0.25) is 0 Å². The van der Waals surface area contributed by atoms with E-state index < -0.39 is 0 Å². The van der Waals surface area contributed by atoms with Crippen molar-refractivity contribution in [2.24, 2.45) is 5.73 Å². The number of anilines is 1. The number of hydrogen-bond donors (Lipinski definition) is 4. The molecule has 0 saturated carbocycles. The Balaban J connectivity index is 2.39. The quantitative estimate of drug-likeness (QED) is 0.479. The van der Waals surface area contributed by atoms with Crippen molar-refractivity contribution < 1.29 is 5.11 Å². The summed E-state index contributed by atoms with van der Waals surface area (Å²) in [6, 6.07) is 0. The molecule has 13 heavy (non-hydrogen) atoms. The number of aliphatic hydroxyl groups is 1. The third-order valence-electron chi connectivity index (χ3n) is 1.90. The van der Waals surface area contributed by atoms with Crippen LogP contribution < -0.4 is 16.8 Å². The molecule has 1 aliphatic heterocycles. The van der Waals surface area contributed by atoms with Crippen LogP contribution in [0.3, 0.4) is 0 Å². The highest BCUT2D eigenvalue weighted by molar-refractivity contribution is 5.78. The van der Waals surface area contributed by atoms with E-state index in [1.165, 1.54) is 0 Å². The maximum absolute atomic E-state index is 8.78. The zero-order valence-electron chi connectivity index (χ0n) is 6.91. The number of aromatic amines is 1. The van der Waals surface area contributed by atoms with Gasteiger partial charge in [-0.05, 0) is 0 Å². The first-order valence-electron chi connectivity index (χ1n) is 3.89. The fraction of sp³-hybridized carbons (Fsp3) is 0.286. The van der Waals surface area contributed by atoms with Crippen molar-refractivity contribution in [1.29, 1.82) is 0 Å². The van der Waals surface area contributed by atoms with E-state index in [0.29, 0.717) is 24.0 Å². The van der Waals surface area contributed by atoms with Crippen molar-refractivity contribution >= 4 is 17.3 Å². The third-order valence-corrected chi connectivity index (χ3v) is 1.90. The molecule has 2 rings (SSSR count). The molecule has 0 unspecified atom stereocenters. The van der Waals surface area contributed by atoms with Crippen molar-refractivity contribution in [2.75, 3.05) is 12.3 Å². The monoisotopic (exact) mass is 180 g/mol. The molecule has 0 aromatic carbocycles. The van der Waals surface area contributed by atoms with E-state index in [2.05, 4.69) is 15.3 Å². The first kappa shape index (κ1) is 7.93. The van der Waals surface area contributed by atoms with Gasteiger partial charge in [-0.3, -0.25) is 0 Å². The lowest BCUT2D eigenvalue weighted by atomic mass is 10.1. The Morgan fingerprint density at radius 1 is 1.38 bits per heavy atom. The lowest BCUT2D eigenvalue weighted by molar-refractivity contribution is 0.304. The summed E-state index contributed by atoms with van der Waals surface area (Å²) in [6.45, 7) is 0.0317. The SMILES string of the molecule is NC1=C(CCO)c2[nH]c(N)nc2[N]1. The third kappa shape index (κ3) is 1.11. The average molecular weight is 180 g/mol. The normalized spacial score (nSPS) is 14.5. The fourth-order valence-corrected chi connectivity index (χ4v) is 1.35. The van der Waals surface area contributed by atoms with Gasteiger partial charge in [0.15, 0.2) is 11.8 Å². The first-order valence-corrected chi connectivity index (χ1v) is 3.89. The van der Waals surface area contributed by atoms with Gasteiger partial charge in [-0.2, -0.15) is 4.98 Å². The second kappa shape index (κ2) is 2.67. The molecule has 1 aliphatic rings. The molecule has 0 aliphatic carbocycles. The number of nitrogens with zero attached hydrogens (tertiary/aromatic N) is 2. The summed E-state index contributed by atoms with van der Waals surface area (Å²) >= 11 is 0. The molecule has 6 nitrogen and oxygen atoms in total. The van der Waals surface area contributed by atoms with E-state index in [9.17, 15) is 0 Å². The van der Waals surface area contributed by atoms with Crippen LogP contribution in [0, 0.1) is 0 Å². The van der Waals surface area contributed by atoms with Gasteiger partial charge >= 0.3 is 0 Å². The number of aliphatic hydroxyl groups excluding tert-OH is 1. The van der Waals surface area contributed by atoms with Crippen LogP contribution in [-0.2, 0) is 0 Å². The highest BCUT2D eigenvalue weighted by Crippen LogP contribution is 2.32. The number of fused-ring (bicyclic) bond motifs is 1. The van der Waals surface area contributed by atoms with Crippen LogP contribution in [-0.4, -0.2) is 21.7 Å². The van der Waals surface area contributed by atoms with Gasteiger partial charge < -0.3 is 21.6 Å². The van der Waals surface area contributed by atoms with Crippen molar-refractivity contribution in [3.05, 3.63) is 11.5 Å². The highest BCUT2D eigenvalue weighted by atomic mass is 16.3. The number of nitrogens with two attached hydrogens (primary N) is 2. The molecule has 0 atom stereocenters. The molecule has 0 saturated heterocycles. The molecule has 69 valence electrons. The summed E-state index contributed by atoms with van der Waals surface area (Å²) in [6.07, 6.45) is 0.462. The number of aromatic nitrogens is 2. The van der Waals surface area contributed by atoms with Crippen LogP contribution in [0.15, 0.2) is 5.82 Å². The van der Waals surface area contributed by atoms with Crippen molar-refractivity contribution in [3.63, 3.8) is 0 Å². The molecular weight excluding hydrogens is 170 g/mol. The van der Waals surface area contributed by atoms with Crippen LogP contribution in [0.25, 0.3) is 5.57 Å². The molecular formula is C7H10N5O. The van der Waals surface area contributed by atoms with Gasteiger partial charge in [0, 0.05) is 18.6 Å². The summed E-state index contributed by atoms with van der Waals surface area (Å²) in [5.41, 5.74) is 12.6. The van der Waals surface area contributed by atoms with E-state index in [-0.39, 0.29) is 6.61 Å². The lowest BCUT2D eigenvalue weighted by Crippen LogP contribution is -2.06. The van der Waals surface area contributed by atoms with Gasteiger partial charge in [0.2, 0.25) is 0 Å². The number of hydrogen-bond acceptors (Lipinski definition) is 4. The molecule has 0 amide bonds. The zero-order chi connectivity index (χ0) is 9.42. The topological polar surface area (TPSA) is 115 Å². The predicted molar refractivity (Wildman–Crippen MR) is 47.6 cm³/mol. The Kier molecular flexibility index (Phi) is 1.63. The summed E-state index contributed by atoms with van der Waals surface area (Å²) in [5, 5.41) is 12.8. The Hall–Kier alpha value is -1.69. The van der Waals surface area contributed by atoms with E-state index >= 15 is 0 Å². The minimum atomic E-state index is 0.0317. The van der Waals surface area contributed by atoms with E-state index in [4.69, 9.17) is 16.6 Å². The first-order chi connectivity index (χ1) is 6.22. The van der Waals surface area contributed by atoms with Crippen LogP contribution in [0.4, 0.5) is 11.8 Å². The van der Waals surface area contributed by atoms with E-state index in [0.717, 1.165) is 11.3 Å². The van der Waals surface area contributed by atoms with Gasteiger partial charge in [-0.15, -0.1) is 0 Å². The molecule has 6 heteroatoms. The smallest absolute Gasteiger partial charge is 0.200 e. The molecule has 0 bridgehead atoms. The van der Waals surface area contributed by atoms with Gasteiger partial charge in [0.05, 0.1) is 5.69 Å². The van der Waals surface area contributed by atoms with E-state index in [1.54, 1.807) is 0 Å². The van der Waals surface area contributed by atoms with E-state index in [1.807, 2.05) is 0 Å². The molecule has 6 N–H and O–H groups in total. The minimum absolute atomic E-state index is 0.0317. The molecule has 0 spiro atoms. The van der Waals surface area contributed by atoms with Gasteiger partial charge in [-0.25, -0.2) is 5.32 Å². The summed E-state index contributed by atoms with van der Waals surface area (Å²) < 4.78 is 0. The Morgan fingerprint density at radius 2 is 2.15 bits per heavy atom. The molecule has 0 fully saturated rings. The predicted octanol–water partition coefficient (Wildman–Crippen LogP) is -0.749. The second-order valence-electron chi connectivity index (χ2n) is 2.77. The number of nitrogens with one attached hydrogen (secondary N) is 1. The summed E-state index contributed by atoms with van der Waals surface area (Å²) in [5.74, 6) is 1.23. The summed E-state index contributed by atoms with van der Waals surface area (Å²) in [7, 11) is 0. The Morgan fingerprint density at radius 3 is 2.85 bits per heavy atom. The number of imidazole rings is 1. The highest BCUT2D eigenvalue weighted by Gasteiger charge is 2.24. The molecule has 1 aromatic rings. The lowest BCUT2D eigenvalue weighted by Gasteiger charge is -1.98. The molecule has 2 heterocycles. The van der Waals surface area contributed by atoms with Crippen LogP contribution in [0.5, 0.6) is 0 Å². The number of H-pyrrole nitrogens is 1. The fourth-order valence-electron chi connectivity index (χ4n) is 1.35. The molecule has 1 aromatic heterocycles. The van der Waals surface area contributed by atoms with Crippen LogP contribution in [0.1, 0.15) is 12.1 Å². The van der Waals surface area contributed by atoms with Gasteiger partial charge in [-0.1, -0.05) is 0 Å². The second-order valence-corrected chi connectivity index (χ2v) is 2.77. The largest absolute Gasteiger partial charge is 0.396 e. The van der Waals surface area contributed by atoms with Gasteiger partial charge in [0.1, 0.15) is 5.82 Å². The summed E-state index contributed by atoms with van der Waals surface area (Å²) in [4.78, 5) is 6.77.